The Hall–Kier alpha value is -2.27. The van der Waals surface area contributed by atoms with E-state index >= 15 is 0 Å². The summed E-state index contributed by atoms with van der Waals surface area (Å²) in [6.07, 6.45) is 3.51. The molecule has 8 N–H and O–H groups in total. The minimum atomic E-state index is -4.47. The second kappa shape index (κ2) is 9.69. The Bertz CT molecular complexity index is 985. The van der Waals surface area contributed by atoms with E-state index in [1.165, 1.54) is 6.07 Å². The number of nitrogens with one attached hydrogen (secondary N) is 2. The van der Waals surface area contributed by atoms with Crippen molar-refractivity contribution in [3.05, 3.63) is 18.2 Å². The number of nitrogen functional groups attached to an aromatic ring is 1. The lowest BCUT2D eigenvalue weighted by Gasteiger charge is -2.26. The molecule has 1 heterocycles. The maximum Gasteiger partial charge on any atom is 0.294 e. The summed E-state index contributed by atoms with van der Waals surface area (Å²) in [6, 6.07) is 3.94. The van der Waals surface area contributed by atoms with E-state index in [1.807, 2.05) is 0 Å². The number of anilines is 4. The first-order valence-electron chi connectivity index (χ1n) is 8.81. The smallest absolute Gasteiger partial charge is 0.294 e. The Morgan fingerprint density at radius 1 is 1.13 bits per heavy atom. The zero-order valence-electron chi connectivity index (χ0n) is 15.6. The van der Waals surface area contributed by atoms with E-state index in [9.17, 15) is 13.0 Å². The van der Waals surface area contributed by atoms with Crippen LogP contribution in [-0.4, -0.2) is 45.3 Å². The van der Waals surface area contributed by atoms with Crippen molar-refractivity contribution in [1.29, 1.82) is 0 Å². The van der Waals surface area contributed by atoms with Crippen LogP contribution >= 0.6 is 12.0 Å². The van der Waals surface area contributed by atoms with E-state index in [4.69, 9.17) is 16.7 Å². The predicted octanol–water partition coefficient (Wildman–Crippen LogP) is 1.55. The highest BCUT2D eigenvalue weighted by Gasteiger charge is 2.20. The van der Waals surface area contributed by atoms with Crippen molar-refractivity contribution in [2.45, 2.75) is 47.6 Å². The Labute approximate surface area is 176 Å². The van der Waals surface area contributed by atoms with Crippen LogP contribution in [0.25, 0.3) is 0 Å². The summed E-state index contributed by atoms with van der Waals surface area (Å²) in [6.45, 7) is 0. The summed E-state index contributed by atoms with van der Waals surface area (Å²) in [5, 5.41) is 17.9. The van der Waals surface area contributed by atoms with Crippen LogP contribution in [0.15, 0.2) is 28.0 Å². The molecule has 1 aliphatic rings. The second-order valence-corrected chi connectivity index (χ2v) is 8.74. The van der Waals surface area contributed by atoms with Gasteiger partial charge in [0.1, 0.15) is 0 Å². The molecule has 0 unspecified atom stereocenters. The van der Waals surface area contributed by atoms with Gasteiger partial charge in [-0.05, 0) is 43.9 Å². The monoisotopic (exact) mass is 459 g/mol. The van der Waals surface area contributed by atoms with E-state index in [-0.39, 0.29) is 40.5 Å². The van der Waals surface area contributed by atoms with Gasteiger partial charge in [0.05, 0.1) is 27.5 Å². The SMILES string of the molecule is Nc1nc(Nc2cc(S(=O)(=O)O)ccc2SOOO)nc(NC2CCC(N)CC2)n1. The average Bonchev–Trinajstić information content (AvgIpc) is 2.67. The summed E-state index contributed by atoms with van der Waals surface area (Å²) >= 11 is 0.582. The fourth-order valence-corrected chi connectivity index (χ4v) is 3.90. The van der Waals surface area contributed by atoms with Crippen molar-refractivity contribution in [3.63, 3.8) is 0 Å². The van der Waals surface area contributed by atoms with Crippen LogP contribution in [0, 0.1) is 0 Å². The first-order chi connectivity index (χ1) is 14.2. The zero-order chi connectivity index (χ0) is 21.7. The van der Waals surface area contributed by atoms with Gasteiger partial charge in [0.15, 0.2) is 0 Å². The Kier molecular flexibility index (Phi) is 7.24. The van der Waals surface area contributed by atoms with E-state index in [0.717, 1.165) is 37.8 Å². The standard InChI is InChI=1S/C15H21N7O6S2/c16-8-1-3-9(4-2-8)18-14-20-13(17)21-15(22-14)19-11-7-10(30(24,25)26)5-6-12(11)29-28-27-23/h5-9,23H,1-4,16H2,(H,24,25,26)(H4,17,18,19,20,21,22). The van der Waals surface area contributed by atoms with Gasteiger partial charge in [-0.2, -0.15) is 23.4 Å². The summed E-state index contributed by atoms with van der Waals surface area (Å²) in [4.78, 5) is 12.2. The normalized spacial score (nSPS) is 19.4. The molecule has 1 aliphatic carbocycles. The van der Waals surface area contributed by atoms with E-state index in [1.54, 1.807) is 0 Å². The van der Waals surface area contributed by atoms with Crippen molar-refractivity contribution in [2.24, 2.45) is 5.73 Å². The van der Waals surface area contributed by atoms with Gasteiger partial charge in [0.2, 0.25) is 17.8 Å². The van der Waals surface area contributed by atoms with Crippen molar-refractivity contribution in [3.8, 4) is 0 Å². The molecule has 2 aromatic rings. The number of rotatable bonds is 8. The predicted molar refractivity (Wildman–Crippen MR) is 108 cm³/mol. The Morgan fingerprint density at radius 3 is 2.50 bits per heavy atom. The van der Waals surface area contributed by atoms with Crippen molar-refractivity contribution >= 4 is 45.7 Å². The van der Waals surface area contributed by atoms with E-state index in [2.05, 4.69) is 35.0 Å². The molecule has 15 heteroatoms. The van der Waals surface area contributed by atoms with Crippen LogP contribution in [-0.2, 0) is 19.5 Å². The lowest BCUT2D eigenvalue weighted by atomic mass is 9.92. The van der Waals surface area contributed by atoms with Gasteiger partial charge in [-0.3, -0.25) is 4.55 Å². The quantitative estimate of drug-likeness (QED) is 0.143. The summed E-state index contributed by atoms with van der Waals surface area (Å²) in [5.74, 6) is 0.218. The molecule has 0 atom stereocenters. The van der Waals surface area contributed by atoms with Gasteiger partial charge < -0.3 is 22.1 Å². The molecule has 0 aliphatic heterocycles. The van der Waals surface area contributed by atoms with Gasteiger partial charge in [-0.25, -0.2) is 5.26 Å². The molecule has 3 rings (SSSR count). The third kappa shape index (κ3) is 6.11. The Morgan fingerprint density at radius 2 is 1.83 bits per heavy atom. The molecule has 0 bridgehead atoms. The minimum Gasteiger partial charge on any atom is -0.368 e. The molecule has 1 aromatic carbocycles. The molecule has 0 amide bonds. The van der Waals surface area contributed by atoms with E-state index < -0.39 is 10.1 Å². The van der Waals surface area contributed by atoms with Gasteiger partial charge in [0, 0.05) is 12.1 Å². The molecule has 30 heavy (non-hydrogen) atoms. The summed E-state index contributed by atoms with van der Waals surface area (Å²) in [5.41, 5.74) is 11.8. The van der Waals surface area contributed by atoms with E-state index in [0.29, 0.717) is 16.9 Å². The molecule has 0 radical (unpaired) electrons. The molecule has 0 saturated heterocycles. The van der Waals surface area contributed by atoms with Crippen LogP contribution in [0.3, 0.4) is 0 Å². The topological polar surface area (TPSA) is 208 Å². The fourth-order valence-electron chi connectivity index (χ4n) is 2.97. The number of hydrogen-bond acceptors (Lipinski definition) is 13. The third-order valence-electron chi connectivity index (χ3n) is 4.41. The lowest BCUT2D eigenvalue weighted by molar-refractivity contribution is -0.432. The lowest BCUT2D eigenvalue weighted by Crippen LogP contribution is -2.33. The second-order valence-electron chi connectivity index (χ2n) is 6.58. The largest absolute Gasteiger partial charge is 0.368 e. The molecule has 1 aromatic heterocycles. The molecular formula is C15H21N7O6S2. The average molecular weight is 460 g/mol. The van der Waals surface area contributed by atoms with Gasteiger partial charge in [-0.15, -0.1) is 4.33 Å². The van der Waals surface area contributed by atoms with Crippen LogP contribution in [0.4, 0.5) is 23.5 Å². The number of nitrogens with two attached hydrogens (primary N) is 2. The summed E-state index contributed by atoms with van der Waals surface area (Å²) in [7, 11) is -4.47. The van der Waals surface area contributed by atoms with Crippen LogP contribution in [0.1, 0.15) is 25.7 Å². The Balaban J connectivity index is 1.84. The molecule has 0 spiro atoms. The molecular weight excluding hydrogens is 438 g/mol. The fraction of sp³-hybridized carbons (Fsp3) is 0.400. The van der Waals surface area contributed by atoms with Crippen LogP contribution < -0.4 is 22.1 Å². The number of nitrogens with zero attached hydrogens (tertiary/aromatic N) is 3. The molecule has 13 nitrogen and oxygen atoms in total. The maximum atomic E-state index is 11.5. The highest BCUT2D eigenvalue weighted by Crippen LogP contribution is 2.32. The van der Waals surface area contributed by atoms with Gasteiger partial charge in [0.25, 0.3) is 10.1 Å². The highest BCUT2D eigenvalue weighted by atomic mass is 32.2. The van der Waals surface area contributed by atoms with Crippen LogP contribution in [0.2, 0.25) is 0 Å². The van der Waals surface area contributed by atoms with Gasteiger partial charge >= 0.3 is 0 Å². The zero-order valence-corrected chi connectivity index (χ0v) is 17.2. The summed E-state index contributed by atoms with van der Waals surface area (Å²) < 4.78 is 36.6. The first-order valence-corrected chi connectivity index (χ1v) is 11.0. The van der Waals surface area contributed by atoms with Crippen LogP contribution in [0.5, 0.6) is 0 Å². The third-order valence-corrected chi connectivity index (χ3v) is 5.92. The van der Waals surface area contributed by atoms with Crippen molar-refractivity contribution in [2.75, 3.05) is 16.4 Å². The maximum absolute atomic E-state index is 11.5. The van der Waals surface area contributed by atoms with Crippen molar-refractivity contribution < 1.29 is 27.6 Å². The number of benzene rings is 1. The van der Waals surface area contributed by atoms with Gasteiger partial charge in [-0.1, -0.05) is 5.04 Å². The molecule has 1 saturated carbocycles. The first kappa shape index (κ1) is 22.4. The minimum absolute atomic E-state index is 0.0248. The number of aromatic nitrogens is 3. The highest BCUT2D eigenvalue weighted by molar-refractivity contribution is 7.94. The molecule has 164 valence electrons. The molecule has 1 fully saturated rings. The number of hydrogen-bond donors (Lipinski definition) is 6. The van der Waals surface area contributed by atoms with Crippen molar-refractivity contribution in [1.82, 2.24) is 15.0 Å².